The van der Waals surface area contributed by atoms with Crippen LogP contribution in [0.5, 0.6) is 0 Å². The summed E-state index contributed by atoms with van der Waals surface area (Å²) >= 11 is 0. The summed E-state index contributed by atoms with van der Waals surface area (Å²) < 4.78 is 36.4. The molecule has 0 atom stereocenters. The summed E-state index contributed by atoms with van der Waals surface area (Å²) in [5.41, 5.74) is 5.47. The zero-order valence-electron chi connectivity index (χ0n) is 9.62. The molecule has 0 saturated carbocycles. The molecule has 0 radical (unpaired) electrons. The van der Waals surface area contributed by atoms with Crippen molar-refractivity contribution in [2.75, 3.05) is 5.73 Å². The molecule has 2 N–H and O–H groups in total. The molecular formula is C11H16FNO2S. The van der Waals surface area contributed by atoms with Crippen LogP contribution in [0.15, 0.2) is 18.2 Å². The molecule has 0 bridgehead atoms. The number of nitrogen functional groups attached to an aromatic ring is 1. The van der Waals surface area contributed by atoms with Gasteiger partial charge in [0.25, 0.3) is 0 Å². The molecule has 16 heavy (non-hydrogen) atoms. The highest BCUT2D eigenvalue weighted by atomic mass is 32.2. The third-order valence-corrected chi connectivity index (χ3v) is 4.94. The Morgan fingerprint density at radius 2 is 1.88 bits per heavy atom. The zero-order valence-corrected chi connectivity index (χ0v) is 10.4. The Balaban J connectivity index is 3.12. The van der Waals surface area contributed by atoms with E-state index in [4.69, 9.17) is 5.73 Å². The van der Waals surface area contributed by atoms with Crippen LogP contribution in [-0.2, 0) is 15.6 Å². The minimum atomic E-state index is -3.39. The molecule has 0 aliphatic rings. The Hall–Kier alpha value is -1.10. The monoisotopic (exact) mass is 245 g/mol. The minimum Gasteiger partial charge on any atom is -0.396 e. The largest absolute Gasteiger partial charge is 0.396 e. The maximum absolute atomic E-state index is 13.5. The van der Waals surface area contributed by atoms with Gasteiger partial charge < -0.3 is 5.73 Å². The first-order valence-corrected chi connectivity index (χ1v) is 6.55. The first-order chi connectivity index (χ1) is 7.15. The van der Waals surface area contributed by atoms with Crippen molar-refractivity contribution < 1.29 is 12.8 Å². The number of anilines is 1. The Kier molecular flexibility index (Phi) is 3.28. The summed E-state index contributed by atoms with van der Waals surface area (Å²) in [4.78, 5) is 0. The Morgan fingerprint density at radius 1 is 1.31 bits per heavy atom. The van der Waals surface area contributed by atoms with E-state index < -0.39 is 20.4 Å². The fourth-order valence-electron chi connectivity index (χ4n) is 1.13. The lowest BCUT2D eigenvalue weighted by atomic mass is 10.2. The van der Waals surface area contributed by atoms with Crippen molar-refractivity contribution in [3.05, 3.63) is 29.6 Å². The van der Waals surface area contributed by atoms with E-state index in [2.05, 4.69) is 0 Å². The minimum absolute atomic E-state index is 0.0263. The smallest absolute Gasteiger partial charge is 0.159 e. The van der Waals surface area contributed by atoms with Gasteiger partial charge in [-0.05, 0) is 26.8 Å². The summed E-state index contributed by atoms with van der Waals surface area (Å²) in [6.07, 6.45) is 0. The van der Waals surface area contributed by atoms with Crippen molar-refractivity contribution in [2.45, 2.75) is 31.3 Å². The molecular weight excluding hydrogens is 229 g/mol. The van der Waals surface area contributed by atoms with Gasteiger partial charge in [0.2, 0.25) is 0 Å². The molecule has 5 heteroatoms. The maximum Gasteiger partial charge on any atom is 0.159 e. The first kappa shape index (κ1) is 13.0. The Bertz CT molecular complexity index is 489. The van der Waals surface area contributed by atoms with Crippen LogP contribution in [0.3, 0.4) is 0 Å². The second-order valence-electron chi connectivity index (χ2n) is 4.69. The van der Waals surface area contributed by atoms with Crippen LogP contribution in [0, 0.1) is 5.82 Å². The average molecular weight is 245 g/mol. The molecule has 90 valence electrons. The number of sulfone groups is 1. The quantitative estimate of drug-likeness (QED) is 0.812. The van der Waals surface area contributed by atoms with Crippen LogP contribution >= 0.6 is 0 Å². The molecule has 0 heterocycles. The van der Waals surface area contributed by atoms with Crippen LogP contribution in [0.2, 0.25) is 0 Å². The molecule has 0 aliphatic carbocycles. The number of halogens is 1. The van der Waals surface area contributed by atoms with Gasteiger partial charge in [-0.2, -0.15) is 0 Å². The lowest BCUT2D eigenvalue weighted by Crippen LogP contribution is -2.29. The molecule has 0 unspecified atom stereocenters. The number of hydrogen-bond acceptors (Lipinski definition) is 3. The topological polar surface area (TPSA) is 60.2 Å². The second-order valence-corrected chi connectivity index (χ2v) is 7.43. The number of nitrogens with two attached hydrogens (primary N) is 1. The van der Waals surface area contributed by atoms with Gasteiger partial charge in [-0.1, -0.05) is 12.1 Å². The molecule has 0 fully saturated rings. The van der Waals surface area contributed by atoms with Gasteiger partial charge in [-0.3, -0.25) is 0 Å². The van der Waals surface area contributed by atoms with Crippen LogP contribution in [0.4, 0.5) is 10.1 Å². The Morgan fingerprint density at radius 3 is 2.38 bits per heavy atom. The highest BCUT2D eigenvalue weighted by Crippen LogP contribution is 2.23. The number of hydrogen-bond donors (Lipinski definition) is 1. The highest BCUT2D eigenvalue weighted by molar-refractivity contribution is 7.91. The molecule has 1 aromatic rings. The van der Waals surface area contributed by atoms with E-state index in [9.17, 15) is 12.8 Å². The van der Waals surface area contributed by atoms with Gasteiger partial charge >= 0.3 is 0 Å². The van der Waals surface area contributed by atoms with E-state index in [1.165, 1.54) is 12.1 Å². The molecule has 0 spiro atoms. The van der Waals surface area contributed by atoms with Crippen LogP contribution < -0.4 is 5.73 Å². The third kappa shape index (κ3) is 2.52. The van der Waals surface area contributed by atoms with E-state index in [1.54, 1.807) is 26.8 Å². The highest BCUT2D eigenvalue weighted by Gasteiger charge is 2.30. The maximum atomic E-state index is 13.5. The molecule has 0 aromatic heterocycles. The van der Waals surface area contributed by atoms with E-state index >= 15 is 0 Å². The van der Waals surface area contributed by atoms with Crippen molar-refractivity contribution in [1.82, 2.24) is 0 Å². The summed E-state index contributed by atoms with van der Waals surface area (Å²) in [7, 11) is -3.39. The van der Waals surface area contributed by atoms with Crippen LogP contribution in [-0.4, -0.2) is 13.2 Å². The van der Waals surface area contributed by atoms with Gasteiger partial charge in [0.15, 0.2) is 9.84 Å². The van der Waals surface area contributed by atoms with E-state index in [-0.39, 0.29) is 17.0 Å². The lowest BCUT2D eigenvalue weighted by Gasteiger charge is -2.19. The van der Waals surface area contributed by atoms with Crippen LogP contribution in [0.25, 0.3) is 0 Å². The van der Waals surface area contributed by atoms with Crippen molar-refractivity contribution >= 4 is 15.5 Å². The predicted octanol–water partition coefficient (Wildman–Crippen LogP) is 2.12. The fourth-order valence-corrected chi connectivity index (χ4v) is 2.20. The number of benzene rings is 1. The van der Waals surface area contributed by atoms with Gasteiger partial charge in [-0.25, -0.2) is 12.8 Å². The second kappa shape index (κ2) is 4.05. The summed E-state index contributed by atoms with van der Waals surface area (Å²) in [5, 5.41) is 0. The number of rotatable bonds is 2. The molecule has 1 aromatic carbocycles. The van der Waals surface area contributed by atoms with Crippen molar-refractivity contribution in [1.29, 1.82) is 0 Å². The average Bonchev–Trinajstić information content (AvgIpc) is 2.11. The van der Waals surface area contributed by atoms with Crippen molar-refractivity contribution in [3.63, 3.8) is 0 Å². The van der Waals surface area contributed by atoms with Gasteiger partial charge in [0.1, 0.15) is 5.82 Å². The molecule has 0 aliphatic heterocycles. The summed E-state index contributed by atoms with van der Waals surface area (Å²) in [6.45, 7) is 4.77. The van der Waals surface area contributed by atoms with Gasteiger partial charge in [-0.15, -0.1) is 0 Å². The van der Waals surface area contributed by atoms with Crippen LogP contribution in [0.1, 0.15) is 26.3 Å². The molecule has 0 amide bonds. The molecule has 3 nitrogen and oxygen atoms in total. The van der Waals surface area contributed by atoms with E-state index in [0.29, 0.717) is 0 Å². The molecule has 0 saturated heterocycles. The standard InChI is InChI=1S/C11H16FNO2S/c1-11(2,3)16(14,15)7-8-5-4-6-9(13)10(8)12/h4-6H,7,13H2,1-3H3. The Labute approximate surface area is 95.4 Å². The van der Waals surface area contributed by atoms with Crippen molar-refractivity contribution in [3.8, 4) is 0 Å². The predicted molar refractivity (Wildman–Crippen MR) is 63.2 cm³/mol. The van der Waals surface area contributed by atoms with Crippen molar-refractivity contribution in [2.24, 2.45) is 0 Å². The van der Waals surface area contributed by atoms with Gasteiger partial charge in [0.05, 0.1) is 16.2 Å². The fraction of sp³-hybridized carbons (Fsp3) is 0.455. The zero-order chi connectivity index (χ0) is 12.6. The summed E-state index contributed by atoms with van der Waals surface area (Å²) in [6, 6.07) is 4.39. The van der Waals surface area contributed by atoms with E-state index in [1.807, 2.05) is 0 Å². The summed E-state index contributed by atoms with van der Waals surface area (Å²) in [5.74, 6) is -0.969. The van der Waals surface area contributed by atoms with E-state index in [0.717, 1.165) is 0 Å². The SMILES string of the molecule is CC(C)(C)S(=O)(=O)Cc1cccc(N)c1F. The molecule has 1 rings (SSSR count). The lowest BCUT2D eigenvalue weighted by molar-refractivity contribution is 0.555. The van der Waals surface area contributed by atoms with Gasteiger partial charge in [0, 0.05) is 5.56 Å². The first-order valence-electron chi connectivity index (χ1n) is 4.90. The normalized spacial score (nSPS) is 12.8. The third-order valence-electron chi connectivity index (χ3n) is 2.39.